The number of nitrogens with zero attached hydrogens (tertiary/aromatic N) is 2. The summed E-state index contributed by atoms with van der Waals surface area (Å²) < 4.78 is 0. The molecule has 2 heterocycles. The fourth-order valence-corrected chi connectivity index (χ4v) is 2.25. The molecule has 2 rings (SSSR count). The molecule has 0 aliphatic carbocycles. The molecule has 1 saturated heterocycles. The Balaban J connectivity index is 2.11. The van der Waals surface area contributed by atoms with Gasteiger partial charge in [0.25, 0.3) is 0 Å². The third kappa shape index (κ3) is 3.03. The van der Waals surface area contributed by atoms with Crippen molar-refractivity contribution in [2.75, 3.05) is 27.2 Å². The summed E-state index contributed by atoms with van der Waals surface area (Å²) in [5.41, 5.74) is 1.25. The molecule has 1 fully saturated rings. The lowest BCUT2D eigenvalue weighted by atomic mass is 9.88. The van der Waals surface area contributed by atoms with Gasteiger partial charge in [-0.25, -0.2) is 0 Å². The average molecular weight is 235 g/mol. The van der Waals surface area contributed by atoms with Gasteiger partial charge in [-0.05, 0) is 51.7 Å². The molecule has 1 aliphatic rings. The summed E-state index contributed by atoms with van der Waals surface area (Å²) in [6.07, 6.45) is 3.36. The Labute approximate surface area is 103 Å². The normalized spacial score (nSPS) is 19.5. The number of hydrogen-bond donors (Lipinski definition) is 2. The molecule has 0 spiro atoms. The zero-order valence-corrected chi connectivity index (χ0v) is 10.6. The van der Waals surface area contributed by atoms with Crippen LogP contribution < -0.4 is 5.32 Å². The summed E-state index contributed by atoms with van der Waals surface area (Å²) in [6.45, 7) is 2.60. The largest absolute Gasteiger partial charge is 0.383 e. The lowest BCUT2D eigenvalue weighted by Gasteiger charge is -2.32. The van der Waals surface area contributed by atoms with E-state index in [1.807, 2.05) is 26.4 Å². The molecule has 4 heteroatoms. The smallest absolute Gasteiger partial charge is 0.109 e. The van der Waals surface area contributed by atoms with Crippen molar-refractivity contribution in [2.45, 2.75) is 25.0 Å². The molecule has 0 aromatic carbocycles. The van der Waals surface area contributed by atoms with E-state index in [-0.39, 0.29) is 0 Å². The van der Waals surface area contributed by atoms with Gasteiger partial charge in [0.15, 0.2) is 0 Å². The lowest BCUT2D eigenvalue weighted by Crippen LogP contribution is -2.40. The van der Waals surface area contributed by atoms with Crippen molar-refractivity contribution in [1.29, 1.82) is 0 Å². The maximum Gasteiger partial charge on any atom is 0.109 e. The maximum atomic E-state index is 10.5. The van der Waals surface area contributed by atoms with Crippen molar-refractivity contribution in [3.63, 3.8) is 0 Å². The molecule has 2 N–H and O–H groups in total. The lowest BCUT2D eigenvalue weighted by molar-refractivity contribution is 0.00184. The Hall–Kier alpha value is -0.970. The van der Waals surface area contributed by atoms with Crippen LogP contribution in [0.4, 0.5) is 0 Å². The quantitative estimate of drug-likeness (QED) is 0.810. The van der Waals surface area contributed by atoms with E-state index in [9.17, 15) is 5.11 Å². The van der Waals surface area contributed by atoms with Crippen molar-refractivity contribution in [3.8, 4) is 0 Å². The molecule has 0 bridgehead atoms. The summed E-state index contributed by atoms with van der Waals surface area (Å²) in [4.78, 5) is 6.53. The van der Waals surface area contributed by atoms with Gasteiger partial charge < -0.3 is 15.3 Å². The first-order chi connectivity index (χ1) is 8.10. The second-order valence-electron chi connectivity index (χ2n) is 5.07. The molecule has 0 saturated carbocycles. The van der Waals surface area contributed by atoms with Crippen molar-refractivity contribution in [2.24, 2.45) is 0 Å². The van der Waals surface area contributed by atoms with E-state index < -0.39 is 5.60 Å². The van der Waals surface area contributed by atoms with Crippen LogP contribution in [-0.4, -0.2) is 42.2 Å². The molecule has 1 aliphatic heterocycles. The molecule has 0 atom stereocenters. The van der Waals surface area contributed by atoms with Crippen LogP contribution in [0.25, 0.3) is 0 Å². The predicted octanol–water partition coefficient (Wildman–Crippen LogP) is 0.714. The van der Waals surface area contributed by atoms with Crippen molar-refractivity contribution >= 4 is 0 Å². The number of nitrogens with one attached hydrogen (secondary N) is 1. The molecule has 4 nitrogen and oxygen atoms in total. The first-order valence-corrected chi connectivity index (χ1v) is 6.13. The second-order valence-corrected chi connectivity index (χ2v) is 5.07. The van der Waals surface area contributed by atoms with E-state index in [2.05, 4.69) is 21.3 Å². The fraction of sp³-hybridized carbons (Fsp3) is 0.615. The standard InChI is InChI=1S/C13H21N3O/c1-16(2)10-11-3-4-12(15-9-11)13(17)5-7-14-8-6-13/h3-4,9,14,17H,5-8,10H2,1-2H3. The van der Waals surface area contributed by atoms with Crippen LogP contribution in [0, 0.1) is 0 Å². The minimum absolute atomic E-state index is 0.734. The molecule has 1 aromatic heterocycles. The predicted molar refractivity (Wildman–Crippen MR) is 67.6 cm³/mol. The van der Waals surface area contributed by atoms with Crippen LogP contribution in [0.15, 0.2) is 18.3 Å². The number of rotatable bonds is 3. The van der Waals surface area contributed by atoms with Crippen LogP contribution in [0.3, 0.4) is 0 Å². The van der Waals surface area contributed by atoms with Gasteiger partial charge in [-0.2, -0.15) is 0 Å². The second kappa shape index (κ2) is 5.12. The highest BCUT2D eigenvalue weighted by molar-refractivity contribution is 5.19. The molecule has 1 aromatic rings. The molecule has 94 valence electrons. The number of hydrogen-bond acceptors (Lipinski definition) is 4. The van der Waals surface area contributed by atoms with Crippen LogP contribution in [0.1, 0.15) is 24.1 Å². The van der Waals surface area contributed by atoms with Crippen LogP contribution in [0.2, 0.25) is 0 Å². The van der Waals surface area contributed by atoms with E-state index in [4.69, 9.17) is 0 Å². The zero-order valence-electron chi connectivity index (χ0n) is 10.6. The summed E-state index contributed by atoms with van der Waals surface area (Å²) in [5.74, 6) is 0. The highest BCUT2D eigenvalue weighted by Gasteiger charge is 2.32. The Morgan fingerprint density at radius 1 is 1.35 bits per heavy atom. The van der Waals surface area contributed by atoms with Crippen LogP contribution in [0.5, 0.6) is 0 Å². The van der Waals surface area contributed by atoms with Gasteiger partial charge >= 0.3 is 0 Å². The molecular weight excluding hydrogens is 214 g/mol. The van der Waals surface area contributed by atoms with E-state index >= 15 is 0 Å². The van der Waals surface area contributed by atoms with Gasteiger partial charge in [-0.3, -0.25) is 4.98 Å². The van der Waals surface area contributed by atoms with Crippen molar-refractivity contribution < 1.29 is 5.11 Å². The Kier molecular flexibility index (Phi) is 3.76. The molecular formula is C13H21N3O. The third-order valence-corrected chi connectivity index (χ3v) is 3.23. The summed E-state index contributed by atoms with van der Waals surface area (Å²) in [6, 6.07) is 4.02. The molecule has 0 amide bonds. The van der Waals surface area contributed by atoms with Gasteiger partial charge in [0, 0.05) is 12.7 Å². The highest BCUT2D eigenvalue weighted by atomic mass is 16.3. The van der Waals surface area contributed by atoms with Crippen LogP contribution in [-0.2, 0) is 12.1 Å². The van der Waals surface area contributed by atoms with E-state index in [0.717, 1.165) is 38.2 Å². The van der Waals surface area contributed by atoms with Crippen LogP contribution >= 0.6 is 0 Å². The Bertz CT molecular complexity index is 355. The van der Waals surface area contributed by atoms with Crippen molar-refractivity contribution in [1.82, 2.24) is 15.2 Å². The monoisotopic (exact) mass is 235 g/mol. The fourth-order valence-electron chi connectivity index (χ4n) is 2.25. The summed E-state index contributed by atoms with van der Waals surface area (Å²) in [5, 5.41) is 13.8. The SMILES string of the molecule is CN(C)Cc1ccc(C2(O)CCNCC2)nc1. The third-order valence-electron chi connectivity index (χ3n) is 3.23. The van der Waals surface area contributed by atoms with Gasteiger partial charge in [-0.1, -0.05) is 6.07 Å². The van der Waals surface area contributed by atoms with Gasteiger partial charge in [0.1, 0.15) is 5.60 Å². The minimum atomic E-state index is -0.734. The first-order valence-electron chi connectivity index (χ1n) is 6.13. The molecule has 0 unspecified atom stereocenters. The zero-order chi connectivity index (χ0) is 12.3. The number of pyridine rings is 1. The van der Waals surface area contributed by atoms with E-state index in [0.29, 0.717) is 0 Å². The number of piperidine rings is 1. The number of aliphatic hydroxyl groups is 1. The van der Waals surface area contributed by atoms with Gasteiger partial charge in [0.2, 0.25) is 0 Å². The molecule has 0 radical (unpaired) electrons. The van der Waals surface area contributed by atoms with E-state index in [1.165, 1.54) is 5.56 Å². The highest BCUT2D eigenvalue weighted by Crippen LogP contribution is 2.28. The van der Waals surface area contributed by atoms with E-state index in [1.54, 1.807) is 0 Å². The first kappa shape index (κ1) is 12.5. The van der Waals surface area contributed by atoms with Crippen molar-refractivity contribution in [3.05, 3.63) is 29.6 Å². The van der Waals surface area contributed by atoms with Gasteiger partial charge in [-0.15, -0.1) is 0 Å². The average Bonchev–Trinajstić information content (AvgIpc) is 2.30. The molecule has 17 heavy (non-hydrogen) atoms. The topological polar surface area (TPSA) is 48.4 Å². The Morgan fingerprint density at radius 2 is 2.06 bits per heavy atom. The summed E-state index contributed by atoms with van der Waals surface area (Å²) >= 11 is 0. The maximum absolute atomic E-state index is 10.5. The summed E-state index contributed by atoms with van der Waals surface area (Å²) in [7, 11) is 4.07. The Morgan fingerprint density at radius 3 is 2.59 bits per heavy atom. The minimum Gasteiger partial charge on any atom is -0.383 e. The number of aromatic nitrogens is 1. The van der Waals surface area contributed by atoms with Gasteiger partial charge in [0.05, 0.1) is 5.69 Å².